The van der Waals surface area contributed by atoms with Gasteiger partial charge in [-0.1, -0.05) is 0 Å². The molecule has 3 heterocycles. The Hall–Kier alpha value is -2.02. The van der Waals surface area contributed by atoms with Crippen LogP contribution in [0.3, 0.4) is 0 Å². The number of amides is 2. The number of aliphatic hydroxyl groups is 1. The summed E-state index contributed by atoms with van der Waals surface area (Å²) in [5.41, 5.74) is 0.828. The molecule has 0 aromatic carbocycles. The Morgan fingerprint density at radius 3 is 2.92 bits per heavy atom. The predicted octanol–water partition coefficient (Wildman–Crippen LogP) is 0.241. The smallest absolute Gasteiger partial charge is 0.224 e. The third kappa shape index (κ3) is 4.08. The summed E-state index contributed by atoms with van der Waals surface area (Å²) in [6, 6.07) is 0. The second-order valence-corrected chi connectivity index (χ2v) is 6.61. The molecular weight excluding hydrogens is 308 g/mol. The summed E-state index contributed by atoms with van der Waals surface area (Å²) in [6.07, 6.45) is 7.92. The standard InChI is InChI=1S/C17H24N4O3/c22-15-12-21(11-13(15)9-14-10-18-5-6-19-14)17(24)4-8-20-7-2-1-3-16(20)23/h5-6,10,13,15,22H,1-4,7-9,11-12H2/t13-,15-/m1/s1. The van der Waals surface area contributed by atoms with Gasteiger partial charge in [-0.15, -0.1) is 0 Å². The van der Waals surface area contributed by atoms with E-state index in [0.29, 0.717) is 38.9 Å². The van der Waals surface area contributed by atoms with Crippen LogP contribution in [0.1, 0.15) is 31.4 Å². The van der Waals surface area contributed by atoms with Gasteiger partial charge in [-0.2, -0.15) is 0 Å². The van der Waals surface area contributed by atoms with Gasteiger partial charge >= 0.3 is 0 Å². The Kier molecular flexibility index (Phi) is 5.40. The Balaban J connectivity index is 1.48. The molecule has 2 atom stereocenters. The molecule has 2 amide bonds. The van der Waals surface area contributed by atoms with Gasteiger partial charge in [0.15, 0.2) is 0 Å². The van der Waals surface area contributed by atoms with Crippen molar-refractivity contribution in [2.75, 3.05) is 26.2 Å². The fraction of sp³-hybridized carbons (Fsp3) is 0.647. The third-order valence-corrected chi connectivity index (χ3v) is 4.86. The van der Waals surface area contributed by atoms with Gasteiger partial charge < -0.3 is 14.9 Å². The zero-order chi connectivity index (χ0) is 16.9. The molecule has 0 saturated carbocycles. The van der Waals surface area contributed by atoms with Crippen molar-refractivity contribution in [3.05, 3.63) is 24.3 Å². The molecule has 24 heavy (non-hydrogen) atoms. The minimum atomic E-state index is -0.535. The van der Waals surface area contributed by atoms with Crippen LogP contribution in [0.5, 0.6) is 0 Å². The van der Waals surface area contributed by atoms with Gasteiger partial charge in [0.25, 0.3) is 0 Å². The van der Waals surface area contributed by atoms with E-state index in [1.807, 2.05) is 0 Å². The molecule has 1 aromatic heterocycles. The average molecular weight is 332 g/mol. The summed E-state index contributed by atoms with van der Waals surface area (Å²) in [5.74, 6) is 0.146. The van der Waals surface area contributed by atoms with Crippen molar-refractivity contribution in [1.29, 1.82) is 0 Å². The number of likely N-dealkylation sites (tertiary alicyclic amines) is 2. The van der Waals surface area contributed by atoms with E-state index in [1.165, 1.54) is 0 Å². The topological polar surface area (TPSA) is 86.6 Å². The van der Waals surface area contributed by atoms with E-state index in [-0.39, 0.29) is 17.7 Å². The van der Waals surface area contributed by atoms with Crippen molar-refractivity contribution >= 4 is 11.8 Å². The van der Waals surface area contributed by atoms with E-state index in [9.17, 15) is 14.7 Å². The lowest BCUT2D eigenvalue weighted by atomic mass is 10.0. The quantitative estimate of drug-likeness (QED) is 0.835. The summed E-state index contributed by atoms with van der Waals surface area (Å²) < 4.78 is 0. The van der Waals surface area contributed by atoms with Crippen LogP contribution < -0.4 is 0 Å². The number of β-amino-alcohol motifs (C(OH)–C–C–N with tert-alkyl or cyclic N) is 1. The summed E-state index contributed by atoms with van der Waals surface area (Å²) >= 11 is 0. The van der Waals surface area contributed by atoms with Crippen LogP contribution in [0.15, 0.2) is 18.6 Å². The Labute approximate surface area is 141 Å². The number of aromatic nitrogens is 2. The predicted molar refractivity (Wildman–Crippen MR) is 86.9 cm³/mol. The molecule has 2 saturated heterocycles. The molecule has 130 valence electrons. The summed E-state index contributed by atoms with van der Waals surface area (Å²) in [5, 5.41) is 10.2. The van der Waals surface area contributed by atoms with Crippen molar-refractivity contribution in [3.63, 3.8) is 0 Å². The number of hydrogen-bond donors (Lipinski definition) is 1. The summed E-state index contributed by atoms with van der Waals surface area (Å²) in [4.78, 5) is 35.9. The van der Waals surface area contributed by atoms with E-state index >= 15 is 0 Å². The first-order valence-corrected chi connectivity index (χ1v) is 8.62. The molecule has 0 spiro atoms. The zero-order valence-corrected chi connectivity index (χ0v) is 13.8. The van der Waals surface area contributed by atoms with E-state index < -0.39 is 6.10 Å². The maximum atomic E-state index is 12.4. The monoisotopic (exact) mass is 332 g/mol. The van der Waals surface area contributed by atoms with Gasteiger partial charge in [-0.3, -0.25) is 19.6 Å². The first kappa shape index (κ1) is 16.8. The lowest BCUT2D eigenvalue weighted by Crippen LogP contribution is -2.39. The number of piperidine rings is 1. The van der Waals surface area contributed by atoms with Gasteiger partial charge in [0.1, 0.15) is 0 Å². The van der Waals surface area contributed by atoms with Gasteiger partial charge in [0.05, 0.1) is 11.8 Å². The van der Waals surface area contributed by atoms with Crippen molar-refractivity contribution < 1.29 is 14.7 Å². The van der Waals surface area contributed by atoms with Crippen molar-refractivity contribution in [3.8, 4) is 0 Å². The van der Waals surface area contributed by atoms with Crippen molar-refractivity contribution in [1.82, 2.24) is 19.8 Å². The van der Waals surface area contributed by atoms with Crippen LogP contribution in [0.25, 0.3) is 0 Å². The van der Waals surface area contributed by atoms with Gasteiger partial charge in [-0.05, 0) is 19.3 Å². The minimum absolute atomic E-state index is 0.00840. The van der Waals surface area contributed by atoms with E-state index in [4.69, 9.17) is 0 Å². The maximum absolute atomic E-state index is 12.4. The van der Waals surface area contributed by atoms with E-state index in [1.54, 1.807) is 28.4 Å². The van der Waals surface area contributed by atoms with Gasteiger partial charge in [0.2, 0.25) is 11.8 Å². The van der Waals surface area contributed by atoms with Gasteiger partial charge in [0, 0.05) is 63.5 Å². The Morgan fingerprint density at radius 2 is 2.17 bits per heavy atom. The second-order valence-electron chi connectivity index (χ2n) is 6.61. The Morgan fingerprint density at radius 1 is 1.29 bits per heavy atom. The fourth-order valence-corrected chi connectivity index (χ4v) is 3.45. The Bertz CT molecular complexity index is 580. The van der Waals surface area contributed by atoms with E-state index in [0.717, 1.165) is 25.1 Å². The number of hydrogen-bond acceptors (Lipinski definition) is 5. The summed E-state index contributed by atoms with van der Waals surface area (Å²) in [7, 11) is 0. The average Bonchev–Trinajstić information content (AvgIpc) is 2.96. The van der Waals surface area contributed by atoms with Crippen LogP contribution >= 0.6 is 0 Å². The highest BCUT2D eigenvalue weighted by Crippen LogP contribution is 2.21. The zero-order valence-electron chi connectivity index (χ0n) is 13.8. The molecule has 7 heteroatoms. The molecule has 2 fully saturated rings. The number of nitrogens with zero attached hydrogens (tertiary/aromatic N) is 4. The van der Waals surface area contributed by atoms with Crippen LogP contribution in [-0.2, 0) is 16.0 Å². The lowest BCUT2D eigenvalue weighted by molar-refractivity contribution is -0.135. The van der Waals surface area contributed by atoms with E-state index in [2.05, 4.69) is 9.97 Å². The van der Waals surface area contributed by atoms with Crippen molar-refractivity contribution in [2.45, 2.75) is 38.2 Å². The highest BCUT2D eigenvalue weighted by atomic mass is 16.3. The summed E-state index contributed by atoms with van der Waals surface area (Å²) in [6.45, 7) is 2.13. The first-order valence-electron chi connectivity index (χ1n) is 8.62. The molecular formula is C17H24N4O3. The molecule has 2 aliphatic rings. The maximum Gasteiger partial charge on any atom is 0.224 e. The number of carbonyl (C=O) groups is 2. The second kappa shape index (κ2) is 7.70. The molecule has 0 aliphatic carbocycles. The van der Waals surface area contributed by atoms with Crippen LogP contribution in [0, 0.1) is 5.92 Å². The molecule has 0 unspecified atom stereocenters. The van der Waals surface area contributed by atoms with Crippen LogP contribution in [0.2, 0.25) is 0 Å². The van der Waals surface area contributed by atoms with Crippen LogP contribution in [0.4, 0.5) is 0 Å². The highest BCUT2D eigenvalue weighted by Gasteiger charge is 2.34. The first-order chi connectivity index (χ1) is 11.6. The minimum Gasteiger partial charge on any atom is -0.391 e. The SMILES string of the molecule is O=C1CCCCN1CCC(=O)N1C[C@@H](Cc2cnccn2)[C@H](O)C1. The lowest BCUT2D eigenvalue weighted by Gasteiger charge is -2.27. The molecule has 1 aromatic rings. The number of carbonyl (C=O) groups excluding carboxylic acids is 2. The normalized spacial score (nSPS) is 24.5. The molecule has 3 rings (SSSR count). The van der Waals surface area contributed by atoms with Gasteiger partial charge in [-0.25, -0.2) is 0 Å². The fourth-order valence-electron chi connectivity index (χ4n) is 3.45. The molecule has 7 nitrogen and oxygen atoms in total. The largest absolute Gasteiger partial charge is 0.391 e. The van der Waals surface area contributed by atoms with Crippen LogP contribution in [-0.4, -0.2) is 69.0 Å². The molecule has 1 N–H and O–H groups in total. The molecule has 0 bridgehead atoms. The number of rotatable bonds is 5. The molecule has 0 radical (unpaired) electrons. The van der Waals surface area contributed by atoms with Crippen molar-refractivity contribution in [2.24, 2.45) is 5.92 Å². The number of aliphatic hydroxyl groups excluding tert-OH is 1. The highest BCUT2D eigenvalue weighted by molar-refractivity contribution is 5.79. The third-order valence-electron chi connectivity index (χ3n) is 4.86. The molecule has 2 aliphatic heterocycles.